The largest absolute Gasteiger partial charge is 0.469 e. The molecule has 0 atom stereocenters. The average molecular weight is 341 g/mol. The third kappa shape index (κ3) is 3.10. The molecule has 1 aromatic rings. The normalized spacial score (nSPS) is 10.6. The van der Waals surface area contributed by atoms with E-state index in [2.05, 4.69) is 9.72 Å². The molecule has 16 heavy (non-hydrogen) atoms. The van der Waals surface area contributed by atoms with Gasteiger partial charge in [-0.2, -0.15) is 0 Å². The minimum atomic E-state index is -2.63. The van der Waals surface area contributed by atoms with E-state index in [-0.39, 0.29) is 12.1 Å². The second-order valence-electron chi connectivity index (χ2n) is 3.16. The number of nitrogens with zero attached hydrogens (tertiary/aromatic N) is 1. The summed E-state index contributed by atoms with van der Waals surface area (Å²) in [5.74, 6) is -0.493. The van der Waals surface area contributed by atoms with E-state index in [9.17, 15) is 13.6 Å². The van der Waals surface area contributed by atoms with Gasteiger partial charge in [0, 0.05) is 3.57 Å². The highest BCUT2D eigenvalue weighted by atomic mass is 127. The van der Waals surface area contributed by atoms with Crippen molar-refractivity contribution in [2.24, 2.45) is 0 Å². The monoisotopic (exact) mass is 341 g/mol. The van der Waals surface area contributed by atoms with Crippen LogP contribution in [0, 0.1) is 10.5 Å². The van der Waals surface area contributed by atoms with Gasteiger partial charge in [-0.1, -0.05) is 0 Å². The average Bonchev–Trinajstić information content (AvgIpc) is 2.22. The molecule has 0 bridgehead atoms. The Morgan fingerprint density at radius 2 is 2.25 bits per heavy atom. The van der Waals surface area contributed by atoms with Crippen LogP contribution in [0.15, 0.2) is 6.07 Å². The maximum Gasteiger partial charge on any atom is 0.311 e. The quantitative estimate of drug-likeness (QED) is 0.627. The fraction of sp³-hybridized carbons (Fsp3) is 0.400. The lowest BCUT2D eigenvalue weighted by atomic mass is 10.1. The predicted octanol–water partition coefficient (Wildman–Crippen LogP) is 2.65. The molecule has 0 N–H and O–H groups in total. The number of esters is 1. The van der Waals surface area contributed by atoms with Crippen LogP contribution in [-0.4, -0.2) is 18.1 Å². The summed E-state index contributed by atoms with van der Waals surface area (Å²) in [4.78, 5) is 14.8. The molecule has 0 saturated heterocycles. The molecule has 1 heterocycles. The number of rotatable bonds is 3. The van der Waals surface area contributed by atoms with Crippen LogP contribution in [0.25, 0.3) is 0 Å². The van der Waals surface area contributed by atoms with Crippen LogP contribution >= 0.6 is 22.6 Å². The summed E-state index contributed by atoms with van der Waals surface area (Å²) in [6, 6.07) is 1.61. The SMILES string of the molecule is COC(=O)Cc1cc(I)c(C)c(C(F)F)n1. The Morgan fingerprint density at radius 3 is 2.75 bits per heavy atom. The third-order valence-corrected chi connectivity index (χ3v) is 3.18. The van der Waals surface area contributed by atoms with Gasteiger partial charge in [-0.25, -0.2) is 8.78 Å². The van der Waals surface area contributed by atoms with Crippen molar-refractivity contribution in [3.8, 4) is 0 Å². The molecule has 88 valence electrons. The van der Waals surface area contributed by atoms with Crippen molar-refractivity contribution in [3.63, 3.8) is 0 Å². The van der Waals surface area contributed by atoms with E-state index >= 15 is 0 Å². The molecule has 0 saturated carbocycles. The number of aromatic nitrogens is 1. The van der Waals surface area contributed by atoms with Crippen molar-refractivity contribution < 1.29 is 18.3 Å². The number of carbonyl (C=O) groups excluding carboxylic acids is 1. The zero-order valence-electron chi connectivity index (χ0n) is 8.76. The van der Waals surface area contributed by atoms with Gasteiger partial charge in [0.2, 0.25) is 0 Å². The van der Waals surface area contributed by atoms with Gasteiger partial charge in [-0.3, -0.25) is 9.78 Å². The summed E-state index contributed by atoms with van der Waals surface area (Å²) in [7, 11) is 1.25. The van der Waals surface area contributed by atoms with E-state index in [0.29, 0.717) is 14.8 Å². The minimum absolute atomic E-state index is 0.0908. The van der Waals surface area contributed by atoms with Crippen LogP contribution in [0.5, 0.6) is 0 Å². The van der Waals surface area contributed by atoms with Crippen LogP contribution in [0.2, 0.25) is 0 Å². The number of carbonyl (C=O) groups is 1. The minimum Gasteiger partial charge on any atom is -0.469 e. The van der Waals surface area contributed by atoms with Gasteiger partial charge < -0.3 is 4.74 Å². The van der Waals surface area contributed by atoms with Gasteiger partial charge in [0.15, 0.2) is 0 Å². The molecule has 0 amide bonds. The Hall–Kier alpha value is -0.790. The molecule has 1 rings (SSSR count). The smallest absolute Gasteiger partial charge is 0.311 e. The zero-order valence-corrected chi connectivity index (χ0v) is 10.9. The molecular weight excluding hydrogens is 331 g/mol. The first kappa shape index (κ1) is 13.3. The van der Waals surface area contributed by atoms with E-state index in [1.807, 2.05) is 22.6 Å². The summed E-state index contributed by atoms with van der Waals surface area (Å²) in [6.07, 6.45) is -2.72. The molecule has 0 radical (unpaired) electrons. The number of methoxy groups -OCH3 is 1. The van der Waals surface area contributed by atoms with Crippen LogP contribution < -0.4 is 0 Å². The second kappa shape index (κ2) is 5.51. The van der Waals surface area contributed by atoms with E-state index in [1.54, 1.807) is 13.0 Å². The fourth-order valence-corrected chi connectivity index (χ4v) is 1.81. The molecule has 0 aromatic carbocycles. The maximum absolute atomic E-state index is 12.6. The number of pyridine rings is 1. The first-order valence-electron chi connectivity index (χ1n) is 4.46. The van der Waals surface area contributed by atoms with Crippen molar-refractivity contribution in [1.29, 1.82) is 0 Å². The fourth-order valence-electron chi connectivity index (χ4n) is 1.17. The maximum atomic E-state index is 12.6. The Kier molecular flexibility index (Phi) is 4.57. The van der Waals surface area contributed by atoms with Gasteiger partial charge in [0.1, 0.15) is 5.69 Å². The number of hydrogen-bond donors (Lipinski definition) is 0. The number of ether oxygens (including phenoxy) is 1. The highest BCUT2D eigenvalue weighted by molar-refractivity contribution is 14.1. The molecule has 1 aromatic heterocycles. The number of alkyl halides is 2. The molecular formula is C10H10F2INO2. The molecule has 0 aliphatic rings. The van der Waals surface area contributed by atoms with Crippen molar-refractivity contribution in [1.82, 2.24) is 4.98 Å². The van der Waals surface area contributed by atoms with Crippen molar-refractivity contribution >= 4 is 28.6 Å². The van der Waals surface area contributed by atoms with Gasteiger partial charge in [-0.05, 0) is 41.1 Å². The molecule has 3 nitrogen and oxygen atoms in total. The first-order chi connectivity index (χ1) is 7.45. The summed E-state index contributed by atoms with van der Waals surface area (Å²) in [5, 5.41) is 0. The Labute approximate surface area is 105 Å². The van der Waals surface area contributed by atoms with E-state index in [4.69, 9.17) is 0 Å². The molecule has 0 spiro atoms. The number of halogens is 3. The summed E-state index contributed by atoms with van der Waals surface area (Å²) in [5.41, 5.74) is 0.479. The Bertz CT molecular complexity index is 410. The molecule has 0 aliphatic heterocycles. The lowest BCUT2D eigenvalue weighted by molar-refractivity contribution is -0.139. The van der Waals surface area contributed by atoms with Gasteiger partial charge in [0.25, 0.3) is 6.43 Å². The standard InChI is InChI=1S/C10H10F2INO2/c1-5-7(13)3-6(4-8(15)16-2)14-9(5)10(11)12/h3,10H,4H2,1-2H3. The molecule has 0 fully saturated rings. The van der Waals surface area contributed by atoms with Gasteiger partial charge in [0.05, 0.1) is 19.2 Å². The van der Waals surface area contributed by atoms with E-state index < -0.39 is 12.4 Å². The van der Waals surface area contributed by atoms with E-state index in [1.165, 1.54) is 7.11 Å². The highest BCUT2D eigenvalue weighted by Crippen LogP contribution is 2.24. The van der Waals surface area contributed by atoms with Crippen molar-refractivity contribution in [3.05, 3.63) is 26.6 Å². The van der Waals surface area contributed by atoms with Crippen LogP contribution in [0.1, 0.15) is 23.4 Å². The van der Waals surface area contributed by atoms with Crippen LogP contribution in [0.3, 0.4) is 0 Å². The highest BCUT2D eigenvalue weighted by Gasteiger charge is 2.17. The molecule has 0 aliphatic carbocycles. The second-order valence-corrected chi connectivity index (χ2v) is 4.32. The third-order valence-electron chi connectivity index (χ3n) is 2.06. The summed E-state index contributed by atoms with van der Waals surface area (Å²) >= 11 is 1.94. The lowest BCUT2D eigenvalue weighted by Crippen LogP contribution is -2.09. The Morgan fingerprint density at radius 1 is 1.62 bits per heavy atom. The topological polar surface area (TPSA) is 39.2 Å². The lowest BCUT2D eigenvalue weighted by Gasteiger charge is -2.08. The van der Waals surface area contributed by atoms with Crippen LogP contribution in [-0.2, 0) is 16.0 Å². The van der Waals surface area contributed by atoms with Gasteiger partial charge in [-0.15, -0.1) is 0 Å². The first-order valence-corrected chi connectivity index (χ1v) is 5.54. The molecule has 0 unspecified atom stereocenters. The van der Waals surface area contributed by atoms with E-state index in [0.717, 1.165) is 0 Å². The molecule has 6 heteroatoms. The summed E-state index contributed by atoms with van der Waals surface area (Å²) in [6.45, 7) is 1.58. The Balaban J connectivity index is 3.09. The number of hydrogen-bond acceptors (Lipinski definition) is 3. The van der Waals surface area contributed by atoms with Crippen LogP contribution in [0.4, 0.5) is 8.78 Å². The predicted molar refractivity (Wildman–Crippen MR) is 62.4 cm³/mol. The summed E-state index contributed by atoms with van der Waals surface area (Å²) < 4.78 is 30.4. The zero-order chi connectivity index (χ0) is 12.3. The van der Waals surface area contributed by atoms with Crippen molar-refractivity contribution in [2.75, 3.05) is 7.11 Å². The van der Waals surface area contributed by atoms with Crippen molar-refractivity contribution in [2.45, 2.75) is 19.8 Å². The van der Waals surface area contributed by atoms with Gasteiger partial charge >= 0.3 is 5.97 Å².